The van der Waals surface area contributed by atoms with E-state index in [1.165, 1.54) is 0 Å². The predicted molar refractivity (Wildman–Crippen MR) is 77.0 cm³/mol. The summed E-state index contributed by atoms with van der Waals surface area (Å²) in [5.74, 6) is -1.06. The second-order valence-electron chi connectivity index (χ2n) is 4.98. The highest BCUT2D eigenvalue weighted by molar-refractivity contribution is 5.98. The first-order chi connectivity index (χ1) is 9.47. The molecule has 0 spiro atoms. The maximum atomic E-state index is 12.0. The van der Waals surface area contributed by atoms with Crippen LogP contribution in [0.5, 0.6) is 0 Å². The molecule has 0 aliphatic rings. The van der Waals surface area contributed by atoms with Crippen molar-refractivity contribution in [2.75, 3.05) is 6.54 Å². The van der Waals surface area contributed by atoms with Crippen LogP contribution in [-0.4, -0.2) is 28.5 Å². The van der Waals surface area contributed by atoms with E-state index in [4.69, 9.17) is 5.11 Å². The fourth-order valence-electron chi connectivity index (χ4n) is 2.26. The second-order valence-corrected chi connectivity index (χ2v) is 4.98. The summed E-state index contributed by atoms with van der Waals surface area (Å²) < 4.78 is 0. The molecule has 2 rings (SSSR count). The molecule has 0 unspecified atom stereocenters. The minimum absolute atomic E-state index is 0.0608. The molecule has 1 aromatic carbocycles. The third-order valence-electron chi connectivity index (χ3n) is 3.19. The summed E-state index contributed by atoms with van der Waals surface area (Å²) in [7, 11) is 0. The van der Waals surface area contributed by atoms with Gasteiger partial charge in [0.2, 0.25) is 0 Å². The SMILES string of the molecule is Cc1cc(C)c2cc(C(=O)NCCCC(=O)O)[nH]c2c1. The molecule has 106 valence electrons. The zero-order valence-electron chi connectivity index (χ0n) is 11.6. The minimum Gasteiger partial charge on any atom is -0.481 e. The lowest BCUT2D eigenvalue weighted by molar-refractivity contribution is -0.137. The number of aryl methyl sites for hydroxylation is 2. The Morgan fingerprint density at radius 3 is 2.70 bits per heavy atom. The first-order valence-corrected chi connectivity index (χ1v) is 6.57. The van der Waals surface area contributed by atoms with Crippen molar-refractivity contribution in [1.29, 1.82) is 0 Å². The molecule has 0 saturated heterocycles. The van der Waals surface area contributed by atoms with E-state index in [0.717, 1.165) is 22.0 Å². The molecule has 2 aromatic rings. The number of carbonyl (C=O) groups excluding carboxylic acids is 1. The van der Waals surface area contributed by atoms with E-state index in [-0.39, 0.29) is 12.3 Å². The van der Waals surface area contributed by atoms with E-state index in [0.29, 0.717) is 18.7 Å². The van der Waals surface area contributed by atoms with Gasteiger partial charge in [-0.15, -0.1) is 0 Å². The zero-order valence-corrected chi connectivity index (χ0v) is 11.6. The molecule has 0 aliphatic heterocycles. The number of hydrogen-bond acceptors (Lipinski definition) is 2. The number of amides is 1. The Morgan fingerprint density at radius 2 is 2.00 bits per heavy atom. The van der Waals surface area contributed by atoms with Crippen molar-refractivity contribution in [1.82, 2.24) is 10.3 Å². The molecule has 20 heavy (non-hydrogen) atoms. The molecule has 1 amide bonds. The van der Waals surface area contributed by atoms with Gasteiger partial charge in [-0.3, -0.25) is 9.59 Å². The van der Waals surface area contributed by atoms with E-state index in [9.17, 15) is 9.59 Å². The maximum absolute atomic E-state index is 12.0. The number of fused-ring (bicyclic) bond motifs is 1. The van der Waals surface area contributed by atoms with E-state index >= 15 is 0 Å². The van der Waals surface area contributed by atoms with Crippen LogP contribution in [0.2, 0.25) is 0 Å². The van der Waals surface area contributed by atoms with Crippen LogP contribution in [0.4, 0.5) is 0 Å². The molecule has 3 N–H and O–H groups in total. The van der Waals surface area contributed by atoms with Crippen LogP contribution < -0.4 is 5.32 Å². The average molecular weight is 274 g/mol. The molecule has 5 nitrogen and oxygen atoms in total. The van der Waals surface area contributed by atoms with Gasteiger partial charge in [-0.1, -0.05) is 6.07 Å². The molecule has 0 bridgehead atoms. The first-order valence-electron chi connectivity index (χ1n) is 6.57. The Bertz CT molecular complexity index is 658. The largest absolute Gasteiger partial charge is 0.481 e. The summed E-state index contributed by atoms with van der Waals surface area (Å²) in [4.78, 5) is 25.4. The topological polar surface area (TPSA) is 82.2 Å². The van der Waals surface area contributed by atoms with Gasteiger partial charge in [0, 0.05) is 23.9 Å². The number of benzene rings is 1. The van der Waals surface area contributed by atoms with Crippen LogP contribution in [0.1, 0.15) is 34.5 Å². The molecule has 0 aliphatic carbocycles. The molecular weight excluding hydrogens is 256 g/mol. The third kappa shape index (κ3) is 3.17. The summed E-state index contributed by atoms with van der Waals surface area (Å²) in [6, 6.07) is 5.91. The Morgan fingerprint density at radius 1 is 1.25 bits per heavy atom. The number of carbonyl (C=O) groups is 2. The fourth-order valence-corrected chi connectivity index (χ4v) is 2.26. The number of rotatable bonds is 5. The van der Waals surface area contributed by atoms with Crippen LogP contribution in [0.3, 0.4) is 0 Å². The number of carboxylic acids is 1. The number of aromatic nitrogens is 1. The lowest BCUT2D eigenvalue weighted by Crippen LogP contribution is -2.25. The number of H-pyrrole nitrogens is 1. The molecule has 5 heteroatoms. The fraction of sp³-hybridized carbons (Fsp3) is 0.333. The van der Waals surface area contributed by atoms with Crippen molar-refractivity contribution in [2.45, 2.75) is 26.7 Å². The summed E-state index contributed by atoms with van der Waals surface area (Å²) in [6.45, 7) is 4.38. The number of aliphatic carboxylic acids is 1. The van der Waals surface area contributed by atoms with Crippen LogP contribution >= 0.6 is 0 Å². The number of nitrogens with one attached hydrogen (secondary N) is 2. The molecular formula is C15H18N2O3. The number of hydrogen-bond donors (Lipinski definition) is 3. The number of carboxylic acid groups (broad SMARTS) is 1. The van der Waals surface area contributed by atoms with Gasteiger partial charge in [-0.25, -0.2) is 0 Å². The Hall–Kier alpha value is -2.30. The Labute approximate surface area is 117 Å². The van der Waals surface area contributed by atoms with E-state index in [2.05, 4.69) is 16.4 Å². The van der Waals surface area contributed by atoms with Crippen LogP contribution in [0.25, 0.3) is 10.9 Å². The standard InChI is InChI=1S/C15H18N2O3/c1-9-6-10(2)11-8-13(17-12(11)7-9)15(20)16-5-3-4-14(18)19/h6-8,17H,3-5H2,1-2H3,(H,16,20)(H,18,19). The van der Waals surface area contributed by atoms with Gasteiger partial charge in [0.15, 0.2) is 0 Å². The van der Waals surface area contributed by atoms with Crippen molar-refractivity contribution in [3.8, 4) is 0 Å². The molecule has 0 radical (unpaired) electrons. The summed E-state index contributed by atoms with van der Waals surface area (Å²) >= 11 is 0. The lowest BCUT2D eigenvalue weighted by Gasteiger charge is -2.01. The monoisotopic (exact) mass is 274 g/mol. The third-order valence-corrected chi connectivity index (χ3v) is 3.19. The van der Waals surface area contributed by atoms with Crippen molar-refractivity contribution in [2.24, 2.45) is 0 Å². The highest BCUT2D eigenvalue weighted by atomic mass is 16.4. The van der Waals surface area contributed by atoms with Crippen molar-refractivity contribution in [3.63, 3.8) is 0 Å². The second kappa shape index (κ2) is 5.77. The highest BCUT2D eigenvalue weighted by Gasteiger charge is 2.10. The van der Waals surface area contributed by atoms with Crippen molar-refractivity contribution in [3.05, 3.63) is 35.0 Å². The molecule has 0 atom stereocenters. The van der Waals surface area contributed by atoms with Gasteiger partial charge in [0.05, 0.1) is 0 Å². The van der Waals surface area contributed by atoms with Crippen LogP contribution in [-0.2, 0) is 4.79 Å². The molecule has 1 heterocycles. The summed E-state index contributed by atoms with van der Waals surface area (Å²) in [5.41, 5.74) is 3.72. The zero-order chi connectivity index (χ0) is 14.7. The average Bonchev–Trinajstić information content (AvgIpc) is 2.78. The Balaban J connectivity index is 2.07. The minimum atomic E-state index is -0.851. The van der Waals surface area contributed by atoms with Crippen molar-refractivity contribution < 1.29 is 14.7 Å². The lowest BCUT2D eigenvalue weighted by atomic mass is 10.1. The van der Waals surface area contributed by atoms with Gasteiger partial charge >= 0.3 is 5.97 Å². The van der Waals surface area contributed by atoms with Gasteiger partial charge in [0.25, 0.3) is 5.91 Å². The van der Waals surface area contributed by atoms with E-state index < -0.39 is 5.97 Å². The quantitative estimate of drug-likeness (QED) is 0.732. The molecule has 1 aromatic heterocycles. The molecule has 0 fully saturated rings. The van der Waals surface area contributed by atoms with E-state index in [1.807, 2.05) is 26.0 Å². The van der Waals surface area contributed by atoms with Crippen LogP contribution in [0, 0.1) is 13.8 Å². The highest BCUT2D eigenvalue weighted by Crippen LogP contribution is 2.21. The maximum Gasteiger partial charge on any atom is 0.303 e. The summed E-state index contributed by atoms with van der Waals surface area (Å²) in [5, 5.41) is 12.3. The molecule has 0 saturated carbocycles. The van der Waals surface area contributed by atoms with Gasteiger partial charge < -0.3 is 15.4 Å². The Kier molecular flexibility index (Phi) is 4.08. The van der Waals surface area contributed by atoms with Crippen LogP contribution in [0.15, 0.2) is 18.2 Å². The predicted octanol–water partition coefficient (Wildman–Crippen LogP) is 2.38. The smallest absolute Gasteiger partial charge is 0.303 e. The number of aromatic amines is 1. The first kappa shape index (κ1) is 14.1. The normalized spacial score (nSPS) is 10.7. The van der Waals surface area contributed by atoms with E-state index in [1.54, 1.807) is 0 Å². The summed E-state index contributed by atoms with van der Waals surface area (Å²) in [6.07, 6.45) is 0.491. The van der Waals surface area contributed by atoms with Gasteiger partial charge in [-0.05, 0) is 43.5 Å². The van der Waals surface area contributed by atoms with Gasteiger partial charge in [0.1, 0.15) is 5.69 Å². The van der Waals surface area contributed by atoms with Gasteiger partial charge in [-0.2, -0.15) is 0 Å². The van der Waals surface area contributed by atoms with Crippen molar-refractivity contribution >= 4 is 22.8 Å².